The molecule has 3 aliphatic rings. The van der Waals surface area contributed by atoms with Crippen LogP contribution in [0.4, 0.5) is 23.5 Å². The highest BCUT2D eigenvalue weighted by Gasteiger charge is 2.48. The maximum atomic E-state index is 15.0. The number of rotatable bonds is 6. The van der Waals surface area contributed by atoms with Crippen LogP contribution < -0.4 is 10.1 Å². The fraction of sp³-hybridized carbons (Fsp3) is 0.520. The number of hydrogen-bond acceptors (Lipinski definition) is 8. The van der Waals surface area contributed by atoms with Crippen molar-refractivity contribution < 1.29 is 27.0 Å². The van der Waals surface area contributed by atoms with E-state index in [4.69, 9.17) is 9.47 Å². The van der Waals surface area contributed by atoms with Crippen LogP contribution >= 0.6 is 0 Å². The number of anilines is 1. The number of ether oxygens (including phenoxy) is 2. The van der Waals surface area contributed by atoms with Gasteiger partial charge in [-0.2, -0.15) is 4.98 Å². The summed E-state index contributed by atoms with van der Waals surface area (Å²) >= 11 is 0. The van der Waals surface area contributed by atoms with E-state index in [0.29, 0.717) is 36.3 Å². The summed E-state index contributed by atoms with van der Waals surface area (Å²) in [7, 11) is 1.45. The molecular weight excluding hydrogens is 520 g/mol. The van der Waals surface area contributed by atoms with E-state index in [1.54, 1.807) is 21.8 Å². The quantitative estimate of drug-likeness (QED) is 0.367. The summed E-state index contributed by atoms with van der Waals surface area (Å²) < 4.78 is 70.8. The van der Waals surface area contributed by atoms with Gasteiger partial charge in [0.1, 0.15) is 11.0 Å². The van der Waals surface area contributed by atoms with Crippen molar-refractivity contribution in [1.29, 1.82) is 0 Å². The largest absolute Gasteiger partial charge is 0.479 e. The number of benzene rings is 1. The molecule has 1 N–H and O–H groups in total. The van der Waals surface area contributed by atoms with E-state index in [-0.39, 0.29) is 43.7 Å². The minimum atomic E-state index is -2.97. The van der Waals surface area contributed by atoms with E-state index in [2.05, 4.69) is 25.7 Å². The second-order valence-electron chi connectivity index (χ2n) is 10.5. The maximum absolute atomic E-state index is 15.0. The monoisotopic (exact) mass is 546 g/mol. The van der Waals surface area contributed by atoms with E-state index in [1.807, 2.05) is 18.2 Å². The van der Waals surface area contributed by atoms with Gasteiger partial charge in [0.05, 0.1) is 50.5 Å². The summed E-state index contributed by atoms with van der Waals surface area (Å²) in [6.45, 7) is 1.16. The molecule has 4 aromatic rings. The van der Waals surface area contributed by atoms with Crippen molar-refractivity contribution >= 4 is 22.5 Å². The van der Waals surface area contributed by atoms with E-state index in [0.717, 1.165) is 11.1 Å². The third kappa shape index (κ3) is 4.16. The Kier molecular flexibility index (Phi) is 5.50. The molecule has 1 aliphatic carbocycles. The Bertz CT molecular complexity index is 1540. The molecule has 206 valence electrons. The van der Waals surface area contributed by atoms with Crippen LogP contribution in [0.1, 0.15) is 25.3 Å². The first-order valence-corrected chi connectivity index (χ1v) is 12.8. The summed E-state index contributed by atoms with van der Waals surface area (Å²) in [5.41, 5.74) is 3.29. The molecule has 14 heteroatoms. The molecule has 0 bridgehead atoms. The van der Waals surface area contributed by atoms with Crippen molar-refractivity contribution in [3.63, 3.8) is 0 Å². The second kappa shape index (κ2) is 8.74. The average Bonchev–Trinajstić information content (AvgIpc) is 3.46. The van der Waals surface area contributed by atoms with Gasteiger partial charge in [0, 0.05) is 31.1 Å². The van der Waals surface area contributed by atoms with Crippen LogP contribution in [0.3, 0.4) is 0 Å². The van der Waals surface area contributed by atoms with Crippen LogP contribution in [0.5, 0.6) is 5.88 Å². The third-order valence-corrected chi connectivity index (χ3v) is 7.94. The molecule has 3 fully saturated rings. The van der Waals surface area contributed by atoms with E-state index >= 15 is 8.78 Å². The predicted octanol–water partition coefficient (Wildman–Crippen LogP) is 3.64. The Labute approximate surface area is 219 Å². The van der Waals surface area contributed by atoms with E-state index in [9.17, 15) is 8.78 Å². The minimum Gasteiger partial charge on any atom is -0.479 e. The van der Waals surface area contributed by atoms with Crippen LogP contribution in [0.2, 0.25) is 0 Å². The average molecular weight is 547 g/mol. The molecule has 3 aromatic heterocycles. The zero-order valence-electron chi connectivity index (χ0n) is 21.0. The van der Waals surface area contributed by atoms with Crippen LogP contribution in [-0.4, -0.2) is 91.8 Å². The molecule has 0 amide bonds. The van der Waals surface area contributed by atoms with Crippen molar-refractivity contribution in [3.8, 4) is 17.0 Å². The number of likely N-dealkylation sites (tertiary alicyclic amines) is 1. The summed E-state index contributed by atoms with van der Waals surface area (Å²) in [5.74, 6) is -5.40. The Morgan fingerprint density at radius 2 is 1.92 bits per heavy atom. The van der Waals surface area contributed by atoms with Gasteiger partial charge in [-0.1, -0.05) is 11.3 Å². The summed E-state index contributed by atoms with van der Waals surface area (Å²) in [5, 5.41) is 15.5. The standard InChI is InChI=1S/C25H26F4N8O2/c1-38-22-21-17(14-2-3-18-19(8-14)37(34-32-18)15-9-24(26,27)10-15)4-7-36(21)33-23(31-22)30-20-5-6-35(13-25(20,28)29)16-11-39-12-16/h2-4,7-8,15-16,20H,5-6,9-13H2,1H3,(H,30,33)/t20-/m1/s1. The molecule has 0 radical (unpaired) electrons. The molecule has 10 nitrogen and oxygen atoms in total. The number of hydrogen-bond donors (Lipinski definition) is 1. The van der Waals surface area contributed by atoms with Gasteiger partial charge < -0.3 is 14.8 Å². The smallest absolute Gasteiger partial charge is 0.280 e. The van der Waals surface area contributed by atoms with Crippen molar-refractivity contribution in [2.24, 2.45) is 0 Å². The second-order valence-corrected chi connectivity index (χ2v) is 10.5. The molecule has 1 aromatic carbocycles. The minimum absolute atomic E-state index is 0.0373. The van der Waals surface area contributed by atoms with Gasteiger partial charge in [-0.3, -0.25) is 4.90 Å². The van der Waals surface area contributed by atoms with E-state index in [1.165, 1.54) is 11.6 Å². The Balaban J connectivity index is 1.18. The normalized spacial score (nSPS) is 23.6. The molecule has 1 atom stereocenters. The van der Waals surface area contributed by atoms with Crippen molar-refractivity contribution in [3.05, 3.63) is 30.5 Å². The van der Waals surface area contributed by atoms with Gasteiger partial charge in [0.2, 0.25) is 11.8 Å². The van der Waals surface area contributed by atoms with Crippen LogP contribution in [0.25, 0.3) is 27.7 Å². The molecule has 39 heavy (non-hydrogen) atoms. The summed E-state index contributed by atoms with van der Waals surface area (Å²) in [6, 6.07) is 5.79. The molecule has 7 rings (SSSR count). The van der Waals surface area contributed by atoms with Crippen LogP contribution in [-0.2, 0) is 4.74 Å². The number of methoxy groups -OCH3 is 1. The molecule has 1 saturated carbocycles. The first kappa shape index (κ1) is 24.5. The number of piperidine rings is 1. The molecule has 2 aliphatic heterocycles. The fourth-order valence-electron chi connectivity index (χ4n) is 5.65. The van der Waals surface area contributed by atoms with Crippen molar-refractivity contribution in [2.45, 2.75) is 49.2 Å². The zero-order chi connectivity index (χ0) is 26.9. The van der Waals surface area contributed by atoms with Gasteiger partial charge >= 0.3 is 0 Å². The van der Waals surface area contributed by atoms with Gasteiger partial charge in [0.15, 0.2) is 0 Å². The lowest BCUT2D eigenvalue weighted by Gasteiger charge is -2.44. The van der Waals surface area contributed by atoms with Crippen LogP contribution in [0, 0.1) is 0 Å². The number of aromatic nitrogens is 6. The van der Waals surface area contributed by atoms with Crippen LogP contribution in [0.15, 0.2) is 30.5 Å². The number of nitrogens with one attached hydrogen (secondary N) is 1. The fourth-order valence-corrected chi connectivity index (χ4v) is 5.65. The lowest BCUT2D eigenvalue weighted by atomic mass is 9.88. The highest BCUT2D eigenvalue weighted by Crippen LogP contribution is 2.46. The third-order valence-electron chi connectivity index (χ3n) is 7.94. The van der Waals surface area contributed by atoms with Crippen molar-refractivity contribution in [2.75, 3.05) is 38.7 Å². The zero-order valence-corrected chi connectivity index (χ0v) is 21.0. The molecule has 0 spiro atoms. The number of fused-ring (bicyclic) bond motifs is 2. The molecular formula is C25H26F4N8O2. The Morgan fingerprint density at radius 3 is 2.62 bits per heavy atom. The number of alkyl halides is 4. The molecule has 5 heterocycles. The highest BCUT2D eigenvalue weighted by atomic mass is 19.3. The Morgan fingerprint density at radius 1 is 1.10 bits per heavy atom. The van der Waals surface area contributed by atoms with Crippen molar-refractivity contribution in [1.82, 2.24) is 34.5 Å². The molecule has 2 saturated heterocycles. The Hall–Kier alpha value is -3.52. The van der Waals surface area contributed by atoms with Gasteiger partial charge in [-0.25, -0.2) is 26.8 Å². The lowest BCUT2D eigenvalue weighted by molar-refractivity contribution is -0.131. The first-order chi connectivity index (χ1) is 18.7. The van der Waals surface area contributed by atoms with Gasteiger partial charge in [0.25, 0.3) is 11.8 Å². The van der Waals surface area contributed by atoms with Gasteiger partial charge in [-0.05, 0) is 30.2 Å². The van der Waals surface area contributed by atoms with Gasteiger partial charge in [-0.15, -0.1) is 10.2 Å². The topological polar surface area (TPSA) is 94.6 Å². The lowest BCUT2D eigenvalue weighted by Crippen LogP contribution is -2.61. The maximum Gasteiger partial charge on any atom is 0.280 e. The molecule has 0 unspecified atom stereocenters. The SMILES string of the molecule is COc1nc(N[C@@H]2CCN(C3COC3)CC2(F)F)nn2ccc(-c3ccc4nnn(C5CC(F)(F)C5)c4c3)c12. The summed E-state index contributed by atoms with van der Waals surface area (Å²) in [6.07, 6.45) is 1.40. The number of halogens is 4. The summed E-state index contributed by atoms with van der Waals surface area (Å²) in [4.78, 5) is 6.19. The van der Waals surface area contributed by atoms with E-state index < -0.39 is 23.9 Å². The highest BCUT2D eigenvalue weighted by molar-refractivity contribution is 5.89. The number of nitrogens with zero attached hydrogens (tertiary/aromatic N) is 7. The predicted molar refractivity (Wildman–Crippen MR) is 132 cm³/mol. The first-order valence-electron chi connectivity index (χ1n) is 12.8.